The number of anilines is 2. The summed E-state index contributed by atoms with van der Waals surface area (Å²) in [7, 11) is 0. The Morgan fingerprint density at radius 3 is 2.27 bits per heavy atom. The third kappa shape index (κ3) is 5.62. The van der Waals surface area contributed by atoms with Crippen molar-refractivity contribution in [2.45, 2.75) is 26.7 Å². The maximum absolute atomic E-state index is 12.5. The first-order valence-electron chi connectivity index (χ1n) is 9.12. The fourth-order valence-electron chi connectivity index (χ4n) is 2.74. The Hall–Kier alpha value is -2.82. The van der Waals surface area contributed by atoms with Crippen LogP contribution in [0.1, 0.15) is 37.0 Å². The number of hydrogen-bond donors (Lipinski definition) is 2. The molecule has 0 saturated carbocycles. The summed E-state index contributed by atoms with van der Waals surface area (Å²) >= 11 is 0. The minimum Gasteiger partial charge on any atom is -0.355 e. The van der Waals surface area contributed by atoms with Gasteiger partial charge in [-0.25, -0.2) is 0 Å². The van der Waals surface area contributed by atoms with Gasteiger partial charge in [-0.2, -0.15) is 0 Å². The topological polar surface area (TPSA) is 61.4 Å². The summed E-state index contributed by atoms with van der Waals surface area (Å²) in [6, 6.07) is 17.1. The van der Waals surface area contributed by atoms with Crippen LogP contribution >= 0.6 is 0 Å². The van der Waals surface area contributed by atoms with E-state index in [9.17, 15) is 9.59 Å². The zero-order chi connectivity index (χ0) is 18.8. The predicted molar refractivity (Wildman–Crippen MR) is 106 cm³/mol. The first-order chi connectivity index (χ1) is 12.7. The normalized spacial score (nSPS) is 10.2. The van der Waals surface area contributed by atoms with E-state index in [4.69, 9.17) is 0 Å². The second-order valence-corrected chi connectivity index (χ2v) is 5.96. The molecule has 0 aliphatic heterocycles. The third-order valence-corrected chi connectivity index (χ3v) is 4.19. The molecule has 2 N–H and O–H groups in total. The Balaban J connectivity index is 1.89. The van der Waals surface area contributed by atoms with Crippen molar-refractivity contribution < 1.29 is 9.59 Å². The van der Waals surface area contributed by atoms with Gasteiger partial charge in [0.1, 0.15) is 0 Å². The molecule has 2 rings (SSSR count). The molecule has 0 aliphatic rings. The number of benzene rings is 2. The predicted octanol–water partition coefficient (Wildman–Crippen LogP) is 3.81. The molecular formula is C21H27N3O2. The summed E-state index contributed by atoms with van der Waals surface area (Å²) in [5.41, 5.74) is 2.28. The number of nitrogens with one attached hydrogen (secondary N) is 2. The highest BCUT2D eigenvalue weighted by Gasteiger charge is 2.12. The maximum Gasteiger partial charge on any atom is 0.253 e. The summed E-state index contributed by atoms with van der Waals surface area (Å²) in [5, 5.41) is 6.18. The Morgan fingerprint density at radius 2 is 1.58 bits per heavy atom. The van der Waals surface area contributed by atoms with E-state index in [0.29, 0.717) is 24.9 Å². The summed E-state index contributed by atoms with van der Waals surface area (Å²) in [6.07, 6.45) is 1.08. The molecule has 138 valence electrons. The first-order valence-corrected chi connectivity index (χ1v) is 9.12. The maximum atomic E-state index is 12.5. The minimum absolute atomic E-state index is 0.135. The summed E-state index contributed by atoms with van der Waals surface area (Å²) in [6.45, 7) is 5.87. The quantitative estimate of drug-likeness (QED) is 0.674. The number of nitrogens with zero attached hydrogens (tertiary/aromatic N) is 1. The van der Waals surface area contributed by atoms with Crippen molar-refractivity contribution >= 4 is 23.2 Å². The molecule has 0 aliphatic carbocycles. The van der Waals surface area contributed by atoms with Gasteiger partial charge >= 0.3 is 0 Å². The summed E-state index contributed by atoms with van der Waals surface area (Å²) < 4.78 is 0. The van der Waals surface area contributed by atoms with Crippen LogP contribution in [0.2, 0.25) is 0 Å². The Morgan fingerprint density at radius 1 is 0.923 bits per heavy atom. The van der Waals surface area contributed by atoms with Gasteiger partial charge < -0.3 is 15.5 Å². The summed E-state index contributed by atoms with van der Waals surface area (Å²) in [5.74, 6) is -0.00490. The largest absolute Gasteiger partial charge is 0.355 e. The van der Waals surface area contributed by atoms with Gasteiger partial charge in [-0.3, -0.25) is 9.59 Å². The van der Waals surface area contributed by atoms with Crippen LogP contribution in [0.25, 0.3) is 0 Å². The molecule has 2 aromatic rings. The highest BCUT2D eigenvalue weighted by molar-refractivity contribution is 6.00. The van der Waals surface area contributed by atoms with Gasteiger partial charge in [-0.15, -0.1) is 0 Å². The Labute approximate surface area is 155 Å². The van der Waals surface area contributed by atoms with Gasteiger partial charge in [-0.05, 0) is 44.5 Å². The van der Waals surface area contributed by atoms with E-state index >= 15 is 0 Å². The molecule has 2 amide bonds. The monoisotopic (exact) mass is 353 g/mol. The molecule has 0 saturated heterocycles. The van der Waals surface area contributed by atoms with Gasteiger partial charge in [0, 0.05) is 31.7 Å². The number of carbonyl (C=O) groups is 2. The highest BCUT2D eigenvalue weighted by atomic mass is 16.2. The van der Waals surface area contributed by atoms with Crippen LogP contribution in [-0.2, 0) is 4.79 Å². The van der Waals surface area contributed by atoms with Crippen molar-refractivity contribution in [1.82, 2.24) is 10.2 Å². The molecule has 0 bridgehead atoms. The van der Waals surface area contributed by atoms with Crippen LogP contribution in [0.4, 0.5) is 11.4 Å². The van der Waals surface area contributed by atoms with Crippen LogP contribution in [-0.4, -0.2) is 36.3 Å². The van der Waals surface area contributed by atoms with E-state index in [2.05, 4.69) is 10.6 Å². The average molecular weight is 353 g/mol. The molecule has 2 aromatic carbocycles. The van der Waals surface area contributed by atoms with E-state index in [-0.39, 0.29) is 11.8 Å². The Bertz CT molecular complexity index is 712. The van der Waals surface area contributed by atoms with E-state index in [1.54, 1.807) is 11.0 Å². The van der Waals surface area contributed by atoms with Crippen molar-refractivity contribution in [3.05, 3.63) is 60.2 Å². The lowest BCUT2D eigenvalue weighted by molar-refractivity contribution is -0.130. The lowest BCUT2D eigenvalue weighted by Gasteiger charge is -2.18. The second kappa shape index (κ2) is 10.2. The first kappa shape index (κ1) is 19.5. The third-order valence-electron chi connectivity index (χ3n) is 4.19. The minimum atomic E-state index is -0.140. The van der Waals surface area contributed by atoms with Crippen LogP contribution < -0.4 is 10.6 Å². The molecule has 0 heterocycles. The van der Waals surface area contributed by atoms with E-state index in [0.717, 1.165) is 24.5 Å². The van der Waals surface area contributed by atoms with Gasteiger partial charge in [0.25, 0.3) is 5.91 Å². The molecule has 0 fully saturated rings. The van der Waals surface area contributed by atoms with Gasteiger partial charge in [0.15, 0.2) is 0 Å². The van der Waals surface area contributed by atoms with E-state index in [1.165, 1.54) is 0 Å². The number of para-hydroxylation sites is 2. The van der Waals surface area contributed by atoms with Crippen molar-refractivity contribution in [2.24, 2.45) is 0 Å². The van der Waals surface area contributed by atoms with Crippen molar-refractivity contribution in [2.75, 3.05) is 25.0 Å². The second-order valence-electron chi connectivity index (χ2n) is 5.96. The number of carbonyl (C=O) groups excluding carboxylic acids is 2. The van der Waals surface area contributed by atoms with Crippen molar-refractivity contribution in [3.63, 3.8) is 0 Å². The van der Waals surface area contributed by atoms with Gasteiger partial charge in [0.05, 0.1) is 11.3 Å². The van der Waals surface area contributed by atoms with Crippen LogP contribution in [0.3, 0.4) is 0 Å². The number of rotatable bonds is 9. The molecule has 5 heteroatoms. The smallest absolute Gasteiger partial charge is 0.253 e. The van der Waals surface area contributed by atoms with Crippen molar-refractivity contribution in [3.8, 4) is 0 Å². The molecule has 0 spiro atoms. The molecule has 0 unspecified atom stereocenters. The molecule has 26 heavy (non-hydrogen) atoms. The fourth-order valence-corrected chi connectivity index (χ4v) is 2.74. The zero-order valence-electron chi connectivity index (χ0n) is 15.5. The zero-order valence-corrected chi connectivity index (χ0v) is 15.5. The van der Waals surface area contributed by atoms with E-state index in [1.807, 2.05) is 62.4 Å². The standard InChI is InChI=1S/C21H27N3O2/c1-3-24(4-2)20(25)15-10-16-22-21(26)18-13-8-9-14-19(18)23-17-11-6-5-7-12-17/h5-9,11-14,23H,3-4,10,15-16H2,1-2H3,(H,22,26). The fraction of sp³-hybridized carbons (Fsp3) is 0.333. The molecule has 0 atom stereocenters. The molecule has 0 aromatic heterocycles. The number of hydrogen-bond acceptors (Lipinski definition) is 3. The molecular weight excluding hydrogens is 326 g/mol. The Kier molecular flexibility index (Phi) is 7.68. The van der Waals surface area contributed by atoms with Crippen LogP contribution in [0.5, 0.6) is 0 Å². The SMILES string of the molecule is CCN(CC)C(=O)CCCNC(=O)c1ccccc1Nc1ccccc1. The van der Waals surface area contributed by atoms with E-state index < -0.39 is 0 Å². The average Bonchev–Trinajstić information content (AvgIpc) is 2.67. The molecule has 0 radical (unpaired) electrons. The van der Waals surface area contributed by atoms with Crippen molar-refractivity contribution in [1.29, 1.82) is 0 Å². The number of amides is 2. The van der Waals surface area contributed by atoms with Gasteiger partial charge in [-0.1, -0.05) is 30.3 Å². The summed E-state index contributed by atoms with van der Waals surface area (Å²) in [4.78, 5) is 26.3. The highest BCUT2D eigenvalue weighted by Crippen LogP contribution is 2.20. The van der Waals surface area contributed by atoms with Gasteiger partial charge in [0.2, 0.25) is 5.91 Å². The van der Waals surface area contributed by atoms with Crippen LogP contribution in [0.15, 0.2) is 54.6 Å². The lowest BCUT2D eigenvalue weighted by Crippen LogP contribution is -2.31. The van der Waals surface area contributed by atoms with Crippen LogP contribution in [0, 0.1) is 0 Å². The molecule has 5 nitrogen and oxygen atoms in total. The lowest BCUT2D eigenvalue weighted by atomic mass is 10.1.